The van der Waals surface area contributed by atoms with E-state index in [0.717, 1.165) is 64.6 Å². The van der Waals surface area contributed by atoms with E-state index in [-0.39, 0.29) is 5.97 Å². The van der Waals surface area contributed by atoms with E-state index in [2.05, 4.69) is 84.4 Å². The number of hydrogen-bond donors (Lipinski definition) is 2. The van der Waals surface area contributed by atoms with Crippen LogP contribution in [-0.2, 0) is 22.4 Å². The molecule has 4 heterocycles. The van der Waals surface area contributed by atoms with Gasteiger partial charge in [0.25, 0.3) is 0 Å². The minimum atomic E-state index is -0.207. The summed E-state index contributed by atoms with van der Waals surface area (Å²) in [5.74, 6) is -0.207. The summed E-state index contributed by atoms with van der Waals surface area (Å²) in [5, 5.41) is 0. The molecule has 0 radical (unpaired) electrons. The molecular weight excluding hydrogens is 508 g/mol. The van der Waals surface area contributed by atoms with E-state index >= 15 is 0 Å². The predicted octanol–water partition coefficient (Wildman–Crippen LogP) is 8.38. The maximum atomic E-state index is 12.1. The summed E-state index contributed by atoms with van der Waals surface area (Å²) in [6.45, 7) is 19.5. The topological polar surface area (TPSA) is 82.6 Å². The molecule has 6 heteroatoms. The lowest BCUT2D eigenvalue weighted by molar-refractivity contribution is -0.140. The fourth-order valence-corrected chi connectivity index (χ4v) is 6.43. The molecule has 6 nitrogen and oxygen atoms in total. The maximum Gasteiger partial charge on any atom is 0.305 e. The lowest BCUT2D eigenvalue weighted by atomic mass is 9.95. The molecule has 0 spiro atoms. The number of aromatic amines is 2. The van der Waals surface area contributed by atoms with Gasteiger partial charge >= 0.3 is 5.97 Å². The first-order valence-electron chi connectivity index (χ1n) is 15.0. The van der Waals surface area contributed by atoms with Crippen LogP contribution in [0.2, 0.25) is 0 Å². The first kappa shape index (κ1) is 30.3. The van der Waals surface area contributed by atoms with Crippen molar-refractivity contribution in [1.29, 1.82) is 0 Å². The van der Waals surface area contributed by atoms with Crippen molar-refractivity contribution >= 4 is 29.5 Å². The summed E-state index contributed by atoms with van der Waals surface area (Å²) < 4.78 is 4.95. The predicted molar refractivity (Wildman–Crippen MR) is 172 cm³/mol. The van der Waals surface area contributed by atoms with Gasteiger partial charge in [-0.2, -0.15) is 0 Å². The number of aliphatic imine (C=N–C) groups is 2. The average molecular weight is 555 g/mol. The number of ether oxygens (including phenoxy) is 1. The fourth-order valence-electron chi connectivity index (χ4n) is 6.43. The van der Waals surface area contributed by atoms with Crippen molar-refractivity contribution in [3.05, 3.63) is 78.7 Å². The Kier molecular flexibility index (Phi) is 9.21. The van der Waals surface area contributed by atoms with Gasteiger partial charge in [-0.1, -0.05) is 20.8 Å². The molecule has 0 aliphatic carbocycles. The van der Waals surface area contributed by atoms with Crippen LogP contribution in [0.3, 0.4) is 0 Å². The van der Waals surface area contributed by atoms with Crippen molar-refractivity contribution in [3.8, 4) is 0 Å². The van der Waals surface area contributed by atoms with Gasteiger partial charge in [-0.3, -0.25) is 14.8 Å². The fraction of sp³-hybridized carbons (Fsp3) is 0.457. The monoisotopic (exact) mass is 554 g/mol. The molecule has 0 atom stereocenters. The summed E-state index contributed by atoms with van der Waals surface area (Å²) in [5.41, 5.74) is 18.8. The zero-order valence-electron chi connectivity index (χ0n) is 26.6. The third kappa shape index (κ3) is 5.88. The standard InChI is InChI=1S/C35H46N4O2/c1-11-25-19(4)29(36-23(25)8)16-31-21(6)27(13-3)33(38-31)18-32-22(7)28(14-15-35(40)41-10)34(39-32)17-30-20(5)26(12-2)24(9)37-30/h16-17,36-37H,11-15,18H2,1-10H3/b31-16+,34-17-. The number of aryl methyl sites for hydroxylation is 2. The Morgan fingerprint density at radius 1 is 0.732 bits per heavy atom. The lowest BCUT2D eigenvalue weighted by Gasteiger charge is -2.08. The Labute approximate surface area is 245 Å². The second kappa shape index (κ2) is 12.5. The smallest absolute Gasteiger partial charge is 0.305 e. The summed E-state index contributed by atoms with van der Waals surface area (Å²) in [7, 11) is 1.44. The quantitative estimate of drug-likeness (QED) is 0.289. The third-order valence-electron chi connectivity index (χ3n) is 8.92. The molecule has 0 aromatic carbocycles. The van der Waals surface area contributed by atoms with Gasteiger partial charge in [0.15, 0.2) is 0 Å². The summed E-state index contributed by atoms with van der Waals surface area (Å²) in [6, 6.07) is 0. The minimum absolute atomic E-state index is 0.207. The van der Waals surface area contributed by atoms with Crippen molar-refractivity contribution in [3.63, 3.8) is 0 Å². The first-order chi connectivity index (χ1) is 19.5. The third-order valence-corrected chi connectivity index (χ3v) is 8.92. The zero-order valence-corrected chi connectivity index (χ0v) is 26.6. The second-order valence-corrected chi connectivity index (χ2v) is 11.2. The Morgan fingerprint density at radius 2 is 1.27 bits per heavy atom. The Bertz CT molecular complexity index is 1560. The molecule has 0 saturated carbocycles. The number of H-pyrrole nitrogens is 2. The number of carbonyl (C=O) groups excluding carboxylic acids is 1. The number of allylic oxidation sites excluding steroid dienone is 4. The van der Waals surface area contributed by atoms with Crippen LogP contribution in [0.4, 0.5) is 0 Å². The molecule has 41 heavy (non-hydrogen) atoms. The molecule has 0 saturated heterocycles. The van der Waals surface area contributed by atoms with Crippen LogP contribution < -0.4 is 0 Å². The van der Waals surface area contributed by atoms with Crippen LogP contribution in [0.5, 0.6) is 0 Å². The number of nitrogens with zero attached hydrogens (tertiary/aromatic N) is 2. The number of aromatic nitrogens is 2. The summed E-state index contributed by atoms with van der Waals surface area (Å²) in [4.78, 5) is 29.5. The molecule has 2 N–H and O–H groups in total. The molecule has 0 fully saturated rings. The van der Waals surface area contributed by atoms with E-state index in [1.54, 1.807) is 0 Å². The first-order valence-corrected chi connectivity index (χ1v) is 15.0. The molecule has 2 aliphatic heterocycles. The number of methoxy groups -OCH3 is 1. The van der Waals surface area contributed by atoms with Crippen LogP contribution in [0.15, 0.2) is 43.7 Å². The molecule has 0 amide bonds. The highest BCUT2D eigenvalue weighted by Crippen LogP contribution is 2.36. The normalized spacial score (nSPS) is 17.4. The molecule has 2 aromatic heterocycles. The van der Waals surface area contributed by atoms with Gasteiger partial charge in [-0.25, -0.2) is 0 Å². The van der Waals surface area contributed by atoms with E-state index < -0.39 is 0 Å². The van der Waals surface area contributed by atoms with E-state index in [1.165, 1.54) is 51.9 Å². The van der Waals surface area contributed by atoms with E-state index in [1.807, 2.05) is 0 Å². The van der Waals surface area contributed by atoms with Gasteiger partial charge in [0, 0.05) is 35.6 Å². The Morgan fingerprint density at radius 3 is 1.76 bits per heavy atom. The van der Waals surface area contributed by atoms with E-state index in [4.69, 9.17) is 14.7 Å². The Hall–Kier alpha value is -3.67. The molecule has 4 rings (SSSR count). The van der Waals surface area contributed by atoms with Crippen LogP contribution in [0.1, 0.15) is 105 Å². The van der Waals surface area contributed by atoms with Gasteiger partial charge in [-0.05, 0) is 124 Å². The molecule has 0 unspecified atom stereocenters. The van der Waals surface area contributed by atoms with E-state index in [0.29, 0.717) is 19.3 Å². The minimum Gasteiger partial charge on any atom is -0.469 e. The molecule has 2 aromatic rings. The highest BCUT2D eigenvalue weighted by Gasteiger charge is 2.27. The Balaban J connectivity index is 1.73. The number of carbonyl (C=O) groups is 1. The lowest BCUT2D eigenvalue weighted by Crippen LogP contribution is -2.09. The van der Waals surface area contributed by atoms with Crippen molar-refractivity contribution < 1.29 is 9.53 Å². The SMILES string of the molecule is CCC1=C(C)/C(=C\c2[nH]c(C)c(CC)c2C)N=C1CC1=N/C(=C\c2[nH]c(C)c(CC)c2C)C(CCC(=O)OC)=C1C. The van der Waals surface area contributed by atoms with Crippen LogP contribution in [0.25, 0.3) is 12.2 Å². The highest BCUT2D eigenvalue weighted by molar-refractivity contribution is 6.21. The van der Waals surface area contributed by atoms with Gasteiger partial charge in [-0.15, -0.1) is 0 Å². The van der Waals surface area contributed by atoms with Crippen LogP contribution >= 0.6 is 0 Å². The average Bonchev–Trinajstić information content (AvgIpc) is 3.59. The second-order valence-electron chi connectivity index (χ2n) is 11.2. The number of esters is 1. The van der Waals surface area contributed by atoms with Gasteiger partial charge < -0.3 is 14.7 Å². The van der Waals surface area contributed by atoms with Crippen molar-refractivity contribution in [2.45, 2.75) is 101 Å². The number of nitrogens with one attached hydrogen (secondary N) is 2. The van der Waals surface area contributed by atoms with Gasteiger partial charge in [0.1, 0.15) is 0 Å². The zero-order chi connectivity index (χ0) is 30.0. The number of hydrogen-bond acceptors (Lipinski definition) is 4. The molecular formula is C35H46N4O2. The maximum absolute atomic E-state index is 12.1. The van der Waals surface area contributed by atoms with Gasteiger partial charge in [0.2, 0.25) is 0 Å². The highest BCUT2D eigenvalue weighted by atomic mass is 16.5. The molecule has 218 valence electrons. The van der Waals surface area contributed by atoms with Crippen LogP contribution in [-0.4, -0.2) is 34.5 Å². The van der Waals surface area contributed by atoms with Crippen molar-refractivity contribution in [2.75, 3.05) is 7.11 Å². The van der Waals surface area contributed by atoms with Crippen LogP contribution in [0, 0.1) is 27.7 Å². The van der Waals surface area contributed by atoms with Crippen molar-refractivity contribution in [1.82, 2.24) is 9.97 Å². The molecule has 0 bridgehead atoms. The largest absolute Gasteiger partial charge is 0.469 e. The van der Waals surface area contributed by atoms with Crippen molar-refractivity contribution in [2.24, 2.45) is 9.98 Å². The molecule has 2 aliphatic rings. The van der Waals surface area contributed by atoms with Gasteiger partial charge in [0.05, 0.1) is 29.9 Å². The summed E-state index contributed by atoms with van der Waals surface area (Å²) in [6.07, 6.45) is 8.85. The van der Waals surface area contributed by atoms with E-state index in [9.17, 15) is 4.79 Å². The number of rotatable bonds is 10. The summed E-state index contributed by atoms with van der Waals surface area (Å²) >= 11 is 0.